The second-order valence-electron chi connectivity index (χ2n) is 5.80. The molecule has 4 aromatic heterocycles. The summed E-state index contributed by atoms with van der Waals surface area (Å²) in [7, 11) is 0. The lowest BCUT2D eigenvalue weighted by molar-refractivity contribution is 0.100. The maximum Gasteiger partial charge on any atom is 0.318 e. The van der Waals surface area contributed by atoms with Gasteiger partial charge in [-0.25, -0.2) is 0 Å². The zero-order valence-electron chi connectivity index (χ0n) is 14.3. The predicted molar refractivity (Wildman–Crippen MR) is 101 cm³/mol. The first kappa shape index (κ1) is 17.0. The number of rotatable bonds is 5. The Balaban J connectivity index is 1.82. The summed E-state index contributed by atoms with van der Waals surface area (Å²) >= 11 is 1.10. The van der Waals surface area contributed by atoms with Crippen molar-refractivity contribution in [3.05, 3.63) is 52.9 Å². The number of ether oxygens (including phenoxy) is 1. The molecule has 9 heteroatoms. The lowest BCUT2D eigenvalue weighted by atomic mass is 10.2. The van der Waals surface area contributed by atoms with E-state index in [9.17, 15) is 4.79 Å². The zero-order chi connectivity index (χ0) is 19.0. The first-order valence-electron chi connectivity index (χ1n) is 8.01. The van der Waals surface area contributed by atoms with Crippen molar-refractivity contribution in [1.82, 2.24) is 15.0 Å². The zero-order valence-corrected chi connectivity index (χ0v) is 15.1. The van der Waals surface area contributed by atoms with Crippen LogP contribution < -0.4 is 16.2 Å². The van der Waals surface area contributed by atoms with Gasteiger partial charge in [-0.2, -0.15) is 9.97 Å². The topological polar surface area (TPSA) is 130 Å². The minimum atomic E-state index is -0.615. The van der Waals surface area contributed by atoms with Crippen molar-refractivity contribution >= 4 is 33.1 Å². The molecular formula is C18H15N5O3S. The molecule has 0 saturated heterocycles. The van der Waals surface area contributed by atoms with Gasteiger partial charge in [-0.1, -0.05) is 0 Å². The molecule has 1 amide bonds. The van der Waals surface area contributed by atoms with Gasteiger partial charge < -0.3 is 20.6 Å². The van der Waals surface area contributed by atoms with Gasteiger partial charge >= 0.3 is 6.01 Å². The summed E-state index contributed by atoms with van der Waals surface area (Å²) in [6.07, 6.45) is 3.36. The molecular weight excluding hydrogens is 366 g/mol. The summed E-state index contributed by atoms with van der Waals surface area (Å²) in [4.78, 5) is 25.2. The third-order valence-electron chi connectivity index (χ3n) is 3.88. The predicted octanol–water partition coefficient (Wildman–Crippen LogP) is 2.91. The number of hydrogen-bond donors (Lipinski definition) is 2. The molecule has 0 spiro atoms. The van der Waals surface area contributed by atoms with Gasteiger partial charge in [-0.15, -0.1) is 11.3 Å². The molecule has 0 aromatic carbocycles. The van der Waals surface area contributed by atoms with Gasteiger partial charge in [0, 0.05) is 12.4 Å². The number of nitrogens with zero attached hydrogens (tertiary/aromatic N) is 3. The number of nitrogen functional groups attached to an aromatic ring is 1. The molecule has 4 N–H and O–H groups in total. The number of aryl methyl sites for hydroxylation is 1. The van der Waals surface area contributed by atoms with Crippen LogP contribution in [0.25, 0.3) is 21.7 Å². The third kappa shape index (κ3) is 3.20. The number of anilines is 1. The highest BCUT2D eigenvalue weighted by molar-refractivity contribution is 7.21. The van der Waals surface area contributed by atoms with Crippen LogP contribution >= 0.6 is 11.3 Å². The Morgan fingerprint density at radius 2 is 2.00 bits per heavy atom. The molecule has 0 atom stereocenters. The number of thiophene rings is 1. The summed E-state index contributed by atoms with van der Waals surface area (Å²) in [6.45, 7) is 2.10. The number of nitrogens with two attached hydrogens (primary N) is 2. The van der Waals surface area contributed by atoms with Gasteiger partial charge in [0.15, 0.2) is 5.76 Å². The average molecular weight is 381 g/mol. The number of primary amides is 1. The van der Waals surface area contributed by atoms with Crippen LogP contribution in [0, 0.1) is 6.92 Å². The first-order chi connectivity index (χ1) is 13.0. The van der Waals surface area contributed by atoms with E-state index >= 15 is 0 Å². The Bertz CT molecular complexity index is 1140. The minimum absolute atomic E-state index is 0.153. The van der Waals surface area contributed by atoms with Gasteiger partial charge in [0.25, 0.3) is 5.91 Å². The monoisotopic (exact) mass is 381 g/mol. The smallest absolute Gasteiger partial charge is 0.318 e. The van der Waals surface area contributed by atoms with Gasteiger partial charge in [-0.05, 0) is 36.8 Å². The number of pyridine rings is 1. The summed E-state index contributed by atoms with van der Waals surface area (Å²) < 4.78 is 11.4. The molecule has 136 valence electrons. The summed E-state index contributed by atoms with van der Waals surface area (Å²) in [5.41, 5.74) is 13.2. The van der Waals surface area contributed by atoms with Gasteiger partial charge in [0.1, 0.15) is 27.8 Å². The molecule has 0 saturated carbocycles. The van der Waals surface area contributed by atoms with Gasteiger partial charge in [0.05, 0.1) is 11.1 Å². The second-order valence-corrected chi connectivity index (χ2v) is 6.80. The third-order valence-corrected chi connectivity index (χ3v) is 5.00. The standard InChI is InChI=1S/C18H15N5O3S/c1-9-2-3-11(26-9)14-12-13(19)15(16(20)24)27-17(12)23-18(22-14)25-8-10-4-6-21-7-5-10/h2-7H,8,19H2,1H3,(H2,20,24). The number of fused-ring (bicyclic) bond motifs is 1. The van der Waals surface area contributed by atoms with Crippen LogP contribution in [0.15, 0.2) is 41.1 Å². The fraction of sp³-hybridized carbons (Fsp3) is 0.111. The largest absolute Gasteiger partial charge is 0.460 e. The second kappa shape index (κ2) is 6.69. The molecule has 0 aliphatic carbocycles. The van der Waals surface area contributed by atoms with Crippen LogP contribution in [0.2, 0.25) is 0 Å². The molecule has 4 heterocycles. The highest BCUT2D eigenvalue weighted by atomic mass is 32.1. The normalized spacial score (nSPS) is 11.0. The van der Waals surface area contributed by atoms with Gasteiger partial charge in [-0.3, -0.25) is 9.78 Å². The van der Waals surface area contributed by atoms with E-state index in [1.165, 1.54) is 0 Å². The summed E-state index contributed by atoms with van der Waals surface area (Å²) in [6, 6.07) is 7.43. The highest BCUT2D eigenvalue weighted by Crippen LogP contribution is 2.39. The Morgan fingerprint density at radius 3 is 2.67 bits per heavy atom. The van der Waals surface area contributed by atoms with Crippen molar-refractivity contribution in [2.75, 3.05) is 5.73 Å². The number of aromatic nitrogens is 3. The fourth-order valence-electron chi connectivity index (χ4n) is 2.62. The molecule has 0 aliphatic heterocycles. The van der Waals surface area contributed by atoms with Crippen molar-refractivity contribution < 1.29 is 13.9 Å². The SMILES string of the molecule is Cc1ccc(-c2nc(OCc3ccncc3)nc3sc(C(N)=O)c(N)c23)o1. The fourth-order valence-corrected chi connectivity index (χ4v) is 3.56. The van der Waals surface area contributed by atoms with Crippen LogP contribution in [0.3, 0.4) is 0 Å². The van der Waals surface area contributed by atoms with Crippen LogP contribution in [-0.2, 0) is 6.61 Å². The molecule has 4 rings (SSSR count). The first-order valence-corrected chi connectivity index (χ1v) is 8.83. The van der Waals surface area contributed by atoms with E-state index in [0.717, 1.165) is 22.7 Å². The average Bonchev–Trinajstić information content (AvgIpc) is 3.24. The molecule has 0 unspecified atom stereocenters. The lowest BCUT2D eigenvalue weighted by Crippen LogP contribution is -2.10. The van der Waals surface area contributed by atoms with E-state index < -0.39 is 5.91 Å². The molecule has 0 fully saturated rings. The van der Waals surface area contributed by atoms with Crippen LogP contribution in [-0.4, -0.2) is 20.9 Å². The molecule has 4 aromatic rings. The van der Waals surface area contributed by atoms with Crippen LogP contribution in [0.5, 0.6) is 6.01 Å². The quantitative estimate of drug-likeness (QED) is 0.543. The number of carbonyl (C=O) groups excluding carboxylic acids is 1. The summed E-state index contributed by atoms with van der Waals surface area (Å²) in [5.74, 6) is 0.616. The highest BCUT2D eigenvalue weighted by Gasteiger charge is 2.22. The maximum atomic E-state index is 11.7. The van der Waals surface area contributed by atoms with Gasteiger partial charge in [0.2, 0.25) is 0 Å². The van der Waals surface area contributed by atoms with E-state index in [0.29, 0.717) is 21.7 Å². The van der Waals surface area contributed by atoms with E-state index in [2.05, 4.69) is 15.0 Å². The Hall–Kier alpha value is -3.46. The van der Waals surface area contributed by atoms with Crippen molar-refractivity contribution in [2.24, 2.45) is 5.73 Å². The van der Waals surface area contributed by atoms with E-state index in [1.807, 2.05) is 25.1 Å². The summed E-state index contributed by atoms with van der Waals surface area (Å²) in [5, 5.41) is 0.527. The number of carbonyl (C=O) groups is 1. The Morgan fingerprint density at radius 1 is 1.22 bits per heavy atom. The molecule has 8 nitrogen and oxygen atoms in total. The van der Waals surface area contributed by atoms with Crippen molar-refractivity contribution in [3.63, 3.8) is 0 Å². The minimum Gasteiger partial charge on any atom is -0.460 e. The maximum absolute atomic E-state index is 11.7. The molecule has 0 radical (unpaired) electrons. The Labute approximate surface area is 157 Å². The van der Waals surface area contributed by atoms with Crippen molar-refractivity contribution in [1.29, 1.82) is 0 Å². The van der Waals surface area contributed by atoms with E-state index in [-0.39, 0.29) is 23.2 Å². The van der Waals surface area contributed by atoms with Crippen molar-refractivity contribution in [2.45, 2.75) is 13.5 Å². The van der Waals surface area contributed by atoms with E-state index in [1.54, 1.807) is 18.5 Å². The molecule has 0 aliphatic rings. The number of hydrogen-bond acceptors (Lipinski definition) is 8. The molecule has 0 bridgehead atoms. The lowest BCUT2D eigenvalue weighted by Gasteiger charge is -2.07. The number of amides is 1. The van der Waals surface area contributed by atoms with Crippen molar-refractivity contribution in [3.8, 4) is 17.5 Å². The van der Waals surface area contributed by atoms with Crippen LogP contribution in [0.1, 0.15) is 21.0 Å². The Kier molecular flexibility index (Phi) is 4.21. The number of furan rings is 1. The molecule has 27 heavy (non-hydrogen) atoms. The van der Waals surface area contributed by atoms with E-state index in [4.69, 9.17) is 20.6 Å². The van der Waals surface area contributed by atoms with Crippen LogP contribution in [0.4, 0.5) is 5.69 Å².